The Labute approximate surface area is 165 Å². The number of rotatable bonds is 5. The van der Waals surface area contributed by atoms with Crippen molar-refractivity contribution in [3.05, 3.63) is 64.5 Å². The molecule has 4 nitrogen and oxygen atoms in total. The Hall–Kier alpha value is -2.90. The average molecular weight is 409 g/mol. The maximum atomic E-state index is 14.2. The first-order valence-corrected chi connectivity index (χ1v) is 9.08. The van der Waals surface area contributed by atoms with Gasteiger partial charge in [0, 0.05) is 11.3 Å². The topological polar surface area (TPSA) is 46.6 Å². The molecule has 154 valence electrons. The maximum absolute atomic E-state index is 14.2. The van der Waals surface area contributed by atoms with Crippen molar-refractivity contribution in [1.82, 2.24) is 0 Å². The minimum atomic E-state index is -4.59. The third-order valence-corrected chi connectivity index (χ3v) is 4.84. The van der Waals surface area contributed by atoms with E-state index in [0.29, 0.717) is 5.56 Å². The van der Waals surface area contributed by atoms with Gasteiger partial charge in [-0.2, -0.15) is 13.2 Å². The van der Waals surface area contributed by atoms with E-state index in [0.717, 1.165) is 17.0 Å². The van der Waals surface area contributed by atoms with Crippen molar-refractivity contribution in [3.8, 4) is 0 Å². The molecule has 0 fully saturated rings. The highest BCUT2D eigenvalue weighted by Crippen LogP contribution is 2.39. The van der Waals surface area contributed by atoms with Crippen LogP contribution >= 0.6 is 0 Å². The number of alkyl halides is 3. The second kappa shape index (κ2) is 7.85. The predicted octanol–water partition coefficient (Wildman–Crippen LogP) is 5.06. The molecule has 8 heteroatoms. The SMILES string of the molecule is CCOC(=O)CC(C)c1cc(F)cc(N2Cc3c(cccc3C(F)(F)F)C2=O)c1. The molecule has 1 aliphatic heterocycles. The van der Waals surface area contributed by atoms with Crippen molar-refractivity contribution < 1.29 is 31.9 Å². The van der Waals surface area contributed by atoms with Crippen molar-refractivity contribution in [2.75, 3.05) is 11.5 Å². The Balaban J connectivity index is 1.93. The van der Waals surface area contributed by atoms with Crippen LogP contribution in [0.1, 0.15) is 53.2 Å². The zero-order valence-corrected chi connectivity index (χ0v) is 15.8. The minimum absolute atomic E-state index is 0.0170. The second-order valence-corrected chi connectivity index (χ2v) is 6.87. The van der Waals surface area contributed by atoms with Crippen LogP contribution in [0.5, 0.6) is 0 Å². The number of benzene rings is 2. The summed E-state index contributed by atoms with van der Waals surface area (Å²) in [6.45, 7) is 3.30. The number of hydrogen-bond acceptors (Lipinski definition) is 3. The van der Waals surface area contributed by atoms with Crippen molar-refractivity contribution >= 4 is 17.6 Å². The van der Waals surface area contributed by atoms with E-state index < -0.39 is 35.4 Å². The number of amides is 1. The number of hydrogen-bond donors (Lipinski definition) is 0. The molecular weight excluding hydrogens is 390 g/mol. The van der Waals surface area contributed by atoms with Crippen LogP contribution in [0.25, 0.3) is 0 Å². The van der Waals surface area contributed by atoms with E-state index in [1.807, 2.05) is 0 Å². The fourth-order valence-corrected chi connectivity index (χ4v) is 3.43. The van der Waals surface area contributed by atoms with Gasteiger partial charge >= 0.3 is 12.1 Å². The van der Waals surface area contributed by atoms with Gasteiger partial charge in [-0.3, -0.25) is 9.59 Å². The molecule has 3 rings (SSSR count). The monoisotopic (exact) mass is 409 g/mol. The molecule has 29 heavy (non-hydrogen) atoms. The summed E-state index contributed by atoms with van der Waals surface area (Å²) in [6, 6.07) is 7.29. The molecule has 0 aromatic heterocycles. The van der Waals surface area contributed by atoms with Crippen LogP contribution in [0.3, 0.4) is 0 Å². The molecule has 1 amide bonds. The quantitative estimate of drug-likeness (QED) is 0.512. The first-order valence-electron chi connectivity index (χ1n) is 9.08. The van der Waals surface area contributed by atoms with Gasteiger partial charge in [0.05, 0.1) is 25.1 Å². The fraction of sp³-hybridized carbons (Fsp3) is 0.333. The van der Waals surface area contributed by atoms with E-state index in [4.69, 9.17) is 4.74 Å². The molecule has 0 aliphatic carbocycles. The summed E-state index contributed by atoms with van der Waals surface area (Å²) in [5.74, 6) is -2.10. The zero-order valence-electron chi connectivity index (χ0n) is 15.8. The number of anilines is 1. The van der Waals surface area contributed by atoms with Gasteiger partial charge in [-0.25, -0.2) is 4.39 Å². The van der Waals surface area contributed by atoms with Crippen LogP contribution in [-0.4, -0.2) is 18.5 Å². The minimum Gasteiger partial charge on any atom is -0.466 e. The number of fused-ring (bicyclic) bond motifs is 1. The summed E-state index contributed by atoms with van der Waals surface area (Å²) in [5.41, 5.74) is -0.461. The van der Waals surface area contributed by atoms with Crippen LogP contribution in [0.2, 0.25) is 0 Å². The number of ether oxygens (including phenoxy) is 1. The van der Waals surface area contributed by atoms with Gasteiger partial charge in [0.25, 0.3) is 5.91 Å². The van der Waals surface area contributed by atoms with Crippen LogP contribution in [0.4, 0.5) is 23.2 Å². The summed E-state index contributed by atoms with van der Waals surface area (Å²) >= 11 is 0. The molecule has 1 heterocycles. The summed E-state index contributed by atoms with van der Waals surface area (Å²) in [6.07, 6.45) is -4.58. The van der Waals surface area contributed by atoms with Crippen LogP contribution in [0.15, 0.2) is 36.4 Å². The molecule has 0 saturated heterocycles. The first-order chi connectivity index (χ1) is 13.6. The van der Waals surface area contributed by atoms with Crippen LogP contribution < -0.4 is 4.90 Å². The lowest BCUT2D eigenvalue weighted by atomic mass is 9.97. The number of carbonyl (C=O) groups excluding carboxylic acids is 2. The molecule has 1 aliphatic rings. The van der Waals surface area contributed by atoms with Gasteiger partial charge in [0.1, 0.15) is 5.82 Å². The summed E-state index contributed by atoms with van der Waals surface area (Å²) in [7, 11) is 0. The Morgan fingerprint density at radius 2 is 1.97 bits per heavy atom. The standard InChI is InChI=1S/C21H19F4NO3/c1-3-29-19(27)7-12(2)13-8-14(22)10-15(9-13)26-11-17-16(20(26)28)5-4-6-18(17)21(23,24)25/h4-6,8-10,12H,3,7,11H2,1-2H3. The van der Waals surface area contributed by atoms with Crippen molar-refractivity contribution in [3.63, 3.8) is 0 Å². The van der Waals surface area contributed by atoms with Gasteiger partial charge in [0.15, 0.2) is 0 Å². The number of carbonyl (C=O) groups is 2. The van der Waals surface area contributed by atoms with Crippen LogP contribution in [0, 0.1) is 5.82 Å². The summed E-state index contributed by atoms with van der Waals surface area (Å²) in [5, 5.41) is 0. The van der Waals surface area contributed by atoms with Gasteiger partial charge in [-0.15, -0.1) is 0 Å². The number of halogens is 4. The molecule has 2 aromatic carbocycles. The molecule has 0 saturated carbocycles. The first kappa shape index (κ1) is 20.8. The van der Waals surface area contributed by atoms with Gasteiger partial charge in [-0.05, 0) is 54.3 Å². The van der Waals surface area contributed by atoms with Gasteiger partial charge in [-0.1, -0.05) is 13.0 Å². The molecule has 0 bridgehead atoms. The van der Waals surface area contributed by atoms with Crippen molar-refractivity contribution in [2.24, 2.45) is 0 Å². The van der Waals surface area contributed by atoms with Crippen LogP contribution in [-0.2, 0) is 22.3 Å². The van der Waals surface area contributed by atoms with E-state index in [2.05, 4.69) is 0 Å². The lowest BCUT2D eigenvalue weighted by Crippen LogP contribution is -2.23. The van der Waals surface area contributed by atoms with E-state index in [1.54, 1.807) is 13.8 Å². The zero-order chi connectivity index (χ0) is 21.3. The Bertz CT molecular complexity index is 955. The summed E-state index contributed by atoms with van der Waals surface area (Å²) < 4.78 is 59.0. The number of esters is 1. The Kier molecular flexibility index (Phi) is 5.64. The average Bonchev–Trinajstić information content (AvgIpc) is 2.97. The van der Waals surface area contributed by atoms with Crippen molar-refractivity contribution in [2.45, 2.75) is 38.9 Å². The van der Waals surface area contributed by atoms with Gasteiger partial charge in [0.2, 0.25) is 0 Å². The molecule has 1 atom stereocenters. The van der Waals surface area contributed by atoms with E-state index in [9.17, 15) is 27.2 Å². The molecule has 0 radical (unpaired) electrons. The third-order valence-electron chi connectivity index (χ3n) is 4.84. The molecular formula is C21H19F4NO3. The Morgan fingerprint density at radius 3 is 2.62 bits per heavy atom. The highest BCUT2D eigenvalue weighted by atomic mass is 19.4. The molecule has 2 aromatic rings. The predicted molar refractivity (Wildman–Crippen MR) is 98.0 cm³/mol. The van der Waals surface area contributed by atoms with E-state index in [-0.39, 0.29) is 36.4 Å². The smallest absolute Gasteiger partial charge is 0.416 e. The lowest BCUT2D eigenvalue weighted by Gasteiger charge is -2.19. The number of nitrogens with zero attached hydrogens (tertiary/aromatic N) is 1. The normalized spacial score (nSPS) is 14.7. The second-order valence-electron chi connectivity index (χ2n) is 6.87. The maximum Gasteiger partial charge on any atom is 0.416 e. The Morgan fingerprint density at radius 1 is 1.24 bits per heavy atom. The summed E-state index contributed by atoms with van der Waals surface area (Å²) in [4.78, 5) is 25.5. The fourth-order valence-electron chi connectivity index (χ4n) is 3.43. The lowest BCUT2D eigenvalue weighted by molar-refractivity contribution is -0.143. The molecule has 0 spiro atoms. The molecule has 1 unspecified atom stereocenters. The highest BCUT2D eigenvalue weighted by molar-refractivity contribution is 6.10. The van der Waals surface area contributed by atoms with Gasteiger partial charge < -0.3 is 9.64 Å². The van der Waals surface area contributed by atoms with E-state index >= 15 is 0 Å². The largest absolute Gasteiger partial charge is 0.466 e. The highest BCUT2D eigenvalue weighted by Gasteiger charge is 2.39. The third kappa shape index (κ3) is 4.26. The van der Waals surface area contributed by atoms with E-state index in [1.165, 1.54) is 24.3 Å². The van der Waals surface area contributed by atoms with Crippen molar-refractivity contribution in [1.29, 1.82) is 0 Å². The molecule has 0 N–H and O–H groups in total.